The smallest absolute Gasteiger partial charge is 0.346 e. The monoisotopic (exact) mass is 415 g/mol. The van der Waals surface area contributed by atoms with E-state index in [2.05, 4.69) is 17.6 Å². The molecule has 1 saturated heterocycles. The molecule has 1 fully saturated rings. The minimum Gasteiger partial charge on any atom is -0.491 e. The maximum absolute atomic E-state index is 12.5. The van der Waals surface area contributed by atoms with Gasteiger partial charge in [-0.25, -0.2) is 4.79 Å². The molecule has 0 aromatic heterocycles. The van der Waals surface area contributed by atoms with E-state index < -0.39 is 0 Å². The number of para-hydroxylation sites is 1. The largest absolute Gasteiger partial charge is 0.491 e. The summed E-state index contributed by atoms with van der Waals surface area (Å²) in [4.78, 5) is 24.2. The van der Waals surface area contributed by atoms with E-state index in [0.717, 1.165) is 11.5 Å². The van der Waals surface area contributed by atoms with E-state index in [1.807, 2.05) is 48.5 Å². The van der Waals surface area contributed by atoms with Gasteiger partial charge < -0.3 is 9.47 Å². The van der Waals surface area contributed by atoms with Crippen LogP contribution in [0.15, 0.2) is 60.7 Å². The number of nitrogens with one attached hydrogen (secondary N) is 1. The first-order valence-electron chi connectivity index (χ1n) is 9.71. The van der Waals surface area contributed by atoms with Crippen LogP contribution in [0.1, 0.15) is 18.9 Å². The Kier molecular flexibility index (Phi) is 7.69. The van der Waals surface area contributed by atoms with E-state index in [-0.39, 0.29) is 21.8 Å². The highest BCUT2D eigenvalue weighted by Gasteiger charge is 2.57. The Hall–Kier alpha value is -2.35. The number of nitrogens with zero attached hydrogens (tertiary/aromatic N) is 1. The van der Waals surface area contributed by atoms with Crippen LogP contribution >= 0.6 is 11.8 Å². The zero-order valence-corrected chi connectivity index (χ0v) is 17.4. The van der Waals surface area contributed by atoms with Crippen molar-refractivity contribution in [3.05, 3.63) is 66.2 Å². The number of quaternary nitrogens is 1. The summed E-state index contributed by atoms with van der Waals surface area (Å²) < 4.78 is 11.2. The van der Waals surface area contributed by atoms with Crippen LogP contribution in [0.3, 0.4) is 0 Å². The number of carbonyl (C=O) groups is 2. The Labute approximate surface area is 175 Å². The number of benzene rings is 2. The lowest BCUT2D eigenvalue weighted by molar-refractivity contribution is -0.924. The van der Waals surface area contributed by atoms with Crippen molar-refractivity contribution in [2.75, 3.05) is 26.4 Å². The molecule has 3 rings (SSSR count). The van der Waals surface area contributed by atoms with Gasteiger partial charge in [0.25, 0.3) is 5.91 Å². The minimum absolute atomic E-state index is 0.00391. The maximum atomic E-state index is 12.5. The molecule has 2 aromatic rings. The maximum Gasteiger partial charge on any atom is 0.346 e. The highest BCUT2D eigenvalue weighted by molar-refractivity contribution is 7.99. The van der Waals surface area contributed by atoms with Crippen LogP contribution in [0.5, 0.6) is 5.75 Å². The van der Waals surface area contributed by atoms with E-state index in [9.17, 15) is 9.59 Å². The molecule has 154 valence electrons. The lowest BCUT2D eigenvalue weighted by atomic mass is 10.1. The Balaban J connectivity index is 1.47. The van der Waals surface area contributed by atoms with E-state index in [4.69, 9.17) is 9.47 Å². The van der Waals surface area contributed by atoms with Gasteiger partial charge in [0.15, 0.2) is 5.37 Å². The zero-order valence-electron chi connectivity index (χ0n) is 16.6. The molecule has 7 heteroatoms. The molecule has 0 radical (unpaired) electrons. The third-order valence-corrected chi connectivity index (χ3v) is 6.17. The van der Waals surface area contributed by atoms with Gasteiger partial charge in [0.2, 0.25) is 0 Å². The number of rotatable bonds is 11. The van der Waals surface area contributed by atoms with Gasteiger partial charge in [-0.3, -0.25) is 4.79 Å². The van der Waals surface area contributed by atoms with Crippen LogP contribution in [0, 0.1) is 0 Å². The number of ether oxygens (including phenoxy) is 2. The molecule has 1 aliphatic rings. The summed E-state index contributed by atoms with van der Waals surface area (Å²) in [6.07, 6.45) is 0.453. The highest BCUT2D eigenvalue weighted by Crippen LogP contribution is 2.37. The lowest BCUT2D eigenvalue weighted by Gasteiger charge is -2.47. The molecule has 2 unspecified atom stereocenters. The van der Waals surface area contributed by atoms with Gasteiger partial charge in [-0.05, 0) is 17.7 Å². The molecular formula is C22H27N2O4S+. The Bertz CT molecular complexity index is 803. The number of amides is 2. The fraction of sp³-hybridized carbons (Fsp3) is 0.364. The Morgan fingerprint density at radius 2 is 1.76 bits per heavy atom. The SMILES string of the molecule is CC(=O)N[N+]1(CCOCCOc2ccccc2)C(=O)CC1SCc1ccccc1. The van der Waals surface area contributed by atoms with Gasteiger partial charge in [-0.15, -0.1) is 4.59 Å². The minimum atomic E-state index is -0.212. The van der Waals surface area contributed by atoms with Crippen molar-refractivity contribution in [3.63, 3.8) is 0 Å². The average Bonchev–Trinajstić information content (AvgIpc) is 2.73. The normalized spacial score (nSPS) is 20.7. The van der Waals surface area contributed by atoms with Gasteiger partial charge in [0, 0.05) is 12.7 Å². The van der Waals surface area contributed by atoms with Crippen molar-refractivity contribution in [2.24, 2.45) is 0 Å². The summed E-state index contributed by atoms with van der Waals surface area (Å²) in [6.45, 7) is 3.08. The molecule has 0 bridgehead atoms. The summed E-state index contributed by atoms with van der Waals surface area (Å²) in [6, 6.07) is 19.7. The fourth-order valence-corrected chi connectivity index (χ4v) is 4.62. The lowest BCUT2D eigenvalue weighted by Crippen LogP contribution is -2.75. The van der Waals surface area contributed by atoms with Crippen molar-refractivity contribution >= 4 is 23.6 Å². The molecule has 29 heavy (non-hydrogen) atoms. The summed E-state index contributed by atoms with van der Waals surface area (Å²) in [5.41, 5.74) is 4.06. The first-order valence-corrected chi connectivity index (χ1v) is 10.8. The topological polar surface area (TPSA) is 64.6 Å². The van der Waals surface area contributed by atoms with Crippen LogP contribution in [0.4, 0.5) is 0 Å². The summed E-state index contributed by atoms with van der Waals surface area (Å²) in [5, 5.41) is -0.00391. The predicted octanol–water partition coefficient (Wildman–Crippen LogP) is 3.14. The molecular weight excluding hydrogens is 388 g/mol. The van der Waals surface area contributed by atoms with Crippen molar-refractivity contribution in [2.45, 2.75) is 24.5 Å². The number of hydrogen-bond acceptors (Lipinski definition) is 5. The first-order chi connectivity index (χ1) is 14.1. The second kappa shape index (κ2) is 10.4. The predicted molar refractivity (Wildman–Crippen MR) is 113 cm³/mol. The average molecular weight is 416 g/mol. The van der Waals surface area contributed by atoms with E-state index in [1.54, 1.807) is 11.8 Å². The highest BCUT2D eigenvalue weighted by atomic mass is 32.2. The third-order valence-electron chi connectivity index (χ3n) is 4.76. The second-order valence-corrected chi connectivity index (χ2v) is 8.05. The number of carbonyl (C=O) groups excluding carboxylic acids is 2. The van der Waals surface area contributed by atoms with Crippen molar-refractivity contribution < 1.29 is 23.7 Å². The van der Waals surface area contributed by atoms with Crippen molar-refractivity contribution in [1.82, 2.24) is 5.43 Å². The van der Waals surface area contributed by atoms with Crippen molar-refractivity contribution in [1.29, 1.82) is 0 Å². The standard InChI is InChI=1S/C22H26N2O4S/c1-18(25)23-24(12-13-27-14-15-28-20-10-6-3-7-11-20)21(26)16-22(24)29-17-19-8-4-2-5-9-19/h2-11,22H,12-17H2,1H3/p+1. The molecule has 1 aliphatic heterocycles. The first kappa shape index (κ1) is 21.4. The molecule has 2 amide bonds. The van der Waals surface area contributed by atoms with Gasteiger partial charge >= 0.3 is 5.91 Å². The molecule has 1 heterocycles. The number of thioether (sulfide) groups is 1. The summed E-state index contributed by atoms with van der Waals surface area (Å²) >= 11 is 1.69. The van der Waals surface area contributed by atoms with Crippen LogP contribution in [0.2, 0.25) is 0 Å². The van der Waals surface area contributed by atoms with Crippen molar-refractivity contribution in [3.8, 4) is 5.75 Å². The van der Waals surface area contributed by atoms with Crippen LogP contribution in [0.25, 0.3) is 0 Å². The molecule has 0 spiro atoms. The molecule has 2 aromatic carbocycles. The zero-order chi connectivity index (χ0) is 20.5. The molecule has 1 N–H and O–H groups in total. The second-order valence-electron chi connectivity index (χ2n) is 6.88. The van der Waals surface area contributed by atoms with Gasteiger partial charge in [-0.2, -0.15) is 5.43 Å². The number of β-lactam (4-membered cyclic amide) rings is 1. The van der Waals surface area contributed by atoms with E-state index in [1.165, 1.54) is 12.5 Å². The van der Waals surface area contributed by atoms with Gasteiger partial charge in [0.05, 0.1) is 13.2 Å². The van der Waals surface area contributed by atoms with Gasteiger partial charge in [0.1, 0.15) is 25.3 Å². The molecule has 6 nitrogen and oxygen atoms in total. The summed E-state index contributed by atoms with van der Waals surface area (Å²) in [5.74, 6) is 1.41. The van der Waals surface area contributed by atoms with Crippen LogP contribution in [-0.2, 0) is 20.1 Å². The number of likely N-dealkylation sites (tertiary alicyclic amines) is 1. The fourth-order valence-electron chi connectivity index (χ4n) is 3.25. The third kappa shape index (κ3) is 5.82. The quantitative estimate of drug-likeness (QED) is 0.347. The molecule has 0 aliphatic carbocycles. The van der Waals surface area contributed by atoms with E-state index >= 15 is 0 Å². The van der Waals surface area contributed by atoms with E-state index in [0.29, 0.717) is 32.8 Å². The number of hydrogen-bond donors (Lipinski definition) is 1. The summed E-state index contributed by atoms with van der Waals surface area (Å²) in [7, 11) is 0. The Morgan fingerprint density at radius 3 is 2.41 bits per heavy atom. The van der Waals surface area contributed by atoms with Gasteiger partial charge in [-0.1, -0.05) is 60.3 Å². The van der Waals surface area contributed by atoms with Crippen LogP contribution in [-0.4, -0.2) is 48.1 Å². The Morgan fingerprint density at radius 1 is 1.07 bits per heavy atom. The molecule has 0 saturated carbocycles. The van der Waals surface area contributed by atoms with Crippen LogP contribution < -0.4 is 10.2 Å². The molecule has 2 atom stereocenters.